The van der Waals surface area contributed by atoms with Gasteiger partial charge in [0.1, 0.15) is 5.60 Å². The summed E-state index contributed by atoms with van der Waals surface area (Å²) in [4.78, 5) is 2.30. The Hall–Kier alpha value is -2.83. The first kappa shape index (κ1) is 22.8. The molecule has 0 saturated carbocycles. The summed E-state index contributed by atoms with van der Waals surface area (Å²) in [6.45, 7) is 1.81. The van der Waals surface area contributed by atoms with Gasteiger partial charge in [-0.3, -0.25) is 4.68 Å². The smallest absolute Gasteiger partial charge is 0.160 e. The van der Waals surface area contributed by atoms with Gasteiger partial charge in [-0.25, -0.2) is 0 Å². The highest BCUT2D eigenvalue weighted by Crippen LogP contribution is 2.33. The molecule has 3 rings (SSSR count). The van der Waals surface area contributed by atoms with Crippen LogP contribution < -0.4 is 9.47 Å². The van der Waals surface area contributed by atoms with Crippen molar-refractivity contribution < 1.29 is 14.6 Å². The van der Waals surface area contributed by atoms with Crippen LogP contribution in [0.4, 0.5) is 0 Å². The van der Waals surface area contributed by atoms with Gasteiger partial charge in [-0.05, 0) is 62.2 Å². The number of methoxy groups -OCH3 is 2. The number of likely N-dealkylation sites (N-methyl/N-ethyl adjacent to an activating group) is 1. The molecule has 6 heteroatoms. The fourth-order valence-electron chi connectivity index (χ4n) is 3.99. The molecule has 0 spiro atoms. The van der Waals surface area contributed by atoms with Crippen molar-refractivity contribution in [1.82, 2.24) is 14.7 Å². The monoisotopic (exact) mass is 423 g/mol. The summed E-state index contributed by atoms with van der Waals surface area (Å²) in [5.41, 5.74) is 1.86. The number of hydrogen-bond donors (Lipinski definition) is 1. The highest BCUT2D eigenvalue weighted by atomic mass is 16.5. The van der Waals surface area contributed by atoms with Crippen LogP contribution >= 0.6 is 0 Å². The SMILES string of the molecule is COc1ccc(CCN(C)CCCC(O)(c2ccccc2)c2ccnn2C)cc1OC. The lowest BCUT2D eigenvalue weighted by Crippen LogP contribution is -2.32. The van der Waals surface area contributed by atoms with Gasteiger partial charge < -0.3 is 19.5 Å². The van der Waals surface area contributed by atoms with Crippen LogP contribution in [0.2, 0.25) is 0 Å². The van der Waals surface area contributed by atoms with Gasteiger partial charge in [0, 0.05) is 19.8 Å². The third-order valence-corrected chi connectivity index (χ3v) is 5.80. The zero-order valence-electron chi connectivity index (χ0n) is 18.9. The Bertz CT molecular complexity index is 958. The van der Waals surface area contributed by atoms with Gasteiger partial charge in [0.15, 0.2) is 11.5 Å². The first-order chi connectivity index (χ1) is 15.0. The third kappa shape index (κ3) is 5.46. The van der Waals surface area contributed by atoms with Gasteiger partial charge in [0.25, 0.3) is 0 Å². The zero-order chi connectivity index (χ0) is 22.3. The largest absolute Gasteiger partial charge is 0.493 e. The summed E-state index contributed by atoms with van der Waals surface area (Å²) in [6.07, 6.45) is 4.14. The lowest BCUT2D eigenvalue weighted by molar-refractivity contribution is 0.0574. The molecule has 3 aromatic rings. The molecule has 1 unspecified atom stereocenters. The summed E-state index contributed by atoms with van der Waals surface area (Å²) in [5.74, 6) is 1.50. The Kier molecular flexibility index (Phi) is 7.71. The number of aliphatic hydroxyl groups is 1. The summed E-state index contributed by atoms with van der Waals surface area (Å²) < 4.78 is 12.5. The van der Waals surface area contributed by atoms with Gasteiger partial charge in [-0.1, -0.05) is 36.4 Å². The molecule has 1 N–H and O–H groups in total. The normalized spacial score (nSPS) is 13.2. The van der Waals surface area contributed by atoms with Crippen LogP contribution in [-0.2, 0) is 19.1 Å². The van der Waals surface area contributed by atoms with Crippen molar-refractivity contribution in [3.05, 3.63) is 77.6 Å². The van der Waals surface area contributed by atoms with Gasteiger partial charge >= 0.3 is 0 Å². The highest BCUT2D eigenvalue weighted by molar-refractivity contribution is 5.43. The van der Waals surface area contributed by atoms with Gasteiger partial charge in [0.2, 0.25) is 0 Å². The molecule has 0 radical (unpaired) electrons. The Morgan fingerprint density at radius 1 is 1.00 bits per heavy atom. The Labute approximate surface area is 185 Å². The molecule has 6 nitrogen and oxygen atoms in total. The molecule has 1 heterocycles. The van der Waals surface area contributed by atoms with E-state index in [9.17, 15) is 5.11 Å². The van der Waals surface area contributed by atoms with Crippen LogP contribution in [0.5, 0.6) is 11.5 Å². The minimum atomic E-state index is -1.06. The number of hydrogen-bond acceptors (Lipinski definition) is 5. The molecule has 0 bridgehead atoms. The lowest BCUT2D eigenvalue weighted by atomic mass is 9.86. The number of rotatable bonds is 11. The molecular formula is C25H33N3O3. The molecule has 31 heavy (non-hydrogen) atoms. The molecule has 0 aliphatic rings. The molecular weight excluding hydrogens is 390 g/mol. The predicted molar refractivity (Wildman–Crippen MR) is 123 cm³/mol. The Balaban J connectivity index is 1.59. The first-order valence-corrected chi connectivity index (χ1v) is 10.6. The second kappa shape index (κ2) is 10.5. The molecule has 1 aromatic heterocycles. The number of ether oxygens (including phenoxy) is 2. The number of aromatic nitrogens is 2. The molecule has 166 valence electrons. The summed E-state index contributed by atoms with van der Waals surface area (Å²) in [7, 11) is 7.29. The van der Waals surface area contributed by atoms with Crippen molar-refractivity contribution in [2.24, 2.45) is 7.05 Å². The third-order valence-electron chi connectivity index (χ3n) is 5.80. The van der Waals surface area contributed by atoms with Crippen molar-refractivity contribution in [3.63, 3.8) is 0 Å². The molecule has 0 aliphatic heterocycles. The van der Waals surface area contributed by atoms with Gasteiger partial charge in [-0.15, -0.1) is 0 Å². The van der Waals surface area contributed by atoms with E-state index in [1.165, 1.54) is 5.56 Å². The van der Waals surface area contributed by atoms with Crippen molar-refractivity contribution in [1.29, 1.82) is 0 Å². The maximum atomic E-state index is 11.6. The van der Waals surface area contributed by atoms with E-state index in [4.69, 9.17) is 9.47 Å². The van der Waals surface area contributed by atoms with E-state index < -0.39 is 5.60 Å². The minimum absolute atomic E-state index is 0.622. The molecule has 0 aliphatic carbocycles. The number of benzene rings is 2. The second-order valence-corrected chi connectivity index (χ2v) is 7.91. The quantitative estimate of drug-likeness (QED) is 0.510. The highest BCUT2D eigenvalue weighted by Gasteiger charge is 2.33. The van der Waals surface area contributed by atoms with Crippen molar-refractivity contribution in [2.75, 3.05) is 34.4 Å². The van der Waals surface area contributed by atoms with E-state index in [-0.39, 0.29) is 0 Å². The molecule has 2 aromatic carbocycles. The maximum absolute atomic E-state index is 11.6. The van der Waals surface area contributed by atoms with E-state index in [1.807, 2.05) is 55.6 Å². The van der Waals surface area contributed by atoms with Crippen molar-refractivity contribution in [2.45, 2.75) is 24.9 Å². The van der Waals surface area contributed by atoms with Crippen LogP contribution in [0.1, 0.15) is 29.7 Å². The van der Waals surface area contributed by atoms with E-state index in [2.05, 4.69) is 23.1 Å². The topological polar surface area (TPSA) is 59.8 Å². The van der Waals surface area contributed by atoms with E-state index >= 15 is 0 Å². The van der Waals surface area contributed by atoms with E-state index in [1.54, 1.807) is 25.1 Å². The second-order valence-electron chi connectivity index (χ2n) is 7.91. The fraction of sp³-hybridized carbons (Fsp3) is 0.400. The summed E-state index contributed by atoms with van der Waals surface area (Å²) in [5, 5.41) is 15.9. The van der Waals surface area contributed by atoms with Crippen molar-refractivity contribution >= 4 is 0 Å². The predicted octanol–water partition coefficient (Wildman–Crippen LogP) is 3.63. The molecule has 0 saturated heterocycles. The Morgan fingerprint density at radius 3 is 2.39 bits per heavy atom. The average molecular weight is 424 g/mol. The lowest BCUT2D eigenvalue weighted by Gasteiger charge is -2.30. The average Bonchev–Trinajstić information content (AvgIpc) is 3.24. The van der Waals surface area contributed by atoms with E-state index in [0.717, 1.165) is 48.7 Å². The number of aryl methyl sites for hydroxylation is 1. The summed E-state index contributed by atoms with van der Waals surface area (Å²) >= 11 is 0. The van der Waals surface area contributed by atoms with Crippen LogP contribution in [-0.4, -0.2) is 54.1 Å². The number of nitrogens with zero attached hydrogens (tertiary/aromatic N) is 3. The van der Waals surface area contributed by atoms with Crippen LogP contribution in [0, 0.1) is 0 Å². The van der Waals surface area contributed by atoms with Crippen LogP contribution in [0.3, 0.4) is 0 Å². The minimum Gasteiger partial charge on any atom is -0.493 e. The zero-order valence-corrected chi connectivity index (χ0v) is 18.9. The molecule has 0 amide bonds. The summed E-state index contributed by atoms with van der Waals surface area (Å²) in [6, 6.07) is 17.8. The standard InChI is InChI=1S/C25H33N3O3/c1-27(18-14-20-11-12-22(30-3)23(19-20)31-4)17-8-15-25(29,21-9-6-5-7-10-21)24-13-16-26-28(24)2/h5-7,9-13,16,19,29H,8,14-15,17-18H2,1-4H3. The van der Waals surface area contributed by atoms with Gasteiger partial charge in [-0.2, -0.15) is 5.10 Å². The first-order valence-electron chi connectivity index (χ1n) is 10.6. The van der Waals surface area contributed by atoms with Crippen molar-refractivity contribution in [3.8, 4) is 11.5 Å². The van der Waals surface area contributed by atoms with Crippen LogP contribution in [0.25, 0.3) is 0 Å². The van der Waals surface area contributed by atoms with Crippen LogP contribution in [0.15, 0.2) is 60.8 Å². The van der Waals surface area contributed by atoms with Gasteiger partial charge in [0.05, 0.1) is 19.9 Å². The Morgan fingerprint density at radius 2 is 1.74 bits per heavy atom. The molecule has 0 fully saturated rings. The maximum Gasteiger partial charge on any atom is 0.160 e. The van der Waals surface area contributed by atoms with E-state index in [0.29, 0.717) is 6.42 Å². The molecule has 1 atom stereocenters. The fourth-order valence-corrected chi connectivity index (χ4v) is 3.99.